The van der Waals surface area contributed by atoms with Crippen molar-refractivity contribution < 1.29 is 18.9 Å². The highest BCUT2D eigenvalue weighted by atomic mass is 16.5. The predicted octanol–water partition coefficient (Wildman–Crippen LogP) is 1.40. The minimum absolute atomic E-state index is 0.238. The summed E-state index contributed by atoms with van der Waals surface area (Å²) in [5, 5.41) is 0. The number of urea groups is 1. The molecule has 0 aromatic carbocycles. The van der Waals surface area contributed by atoms with E-state index >= 15 is 0 Å². The molecule has 8 heteroatoms. The van der Waals surface area contributed by atoms with Crippen LogP contribution >= 0.6 is 0 Å². The Bertz CT molecular complexity index is 724. The van der Waals surface area contributed by atoms with E-state index in [1.165, 1.54) is 9.80 Å². The number of fused-ring (bicyclic) bond motifs is 3. The van der Waals surface area contributed by atoms with E-state index in [0.717, 1.165) is 31.0 Å². The summed E-state index contributed by atoms with van der Waals surface area (Å²) >= 11 is 0. The van der Waals surface area contributed by atoms with Gasteiger partial charge in [-0.15, -0.1) is 0 Å². The van der Waals surface area contributed by atoms with Crippen molar-refractivity contribution in [2.24, 2.45) is 4.99 Å². The zero-order chi connectivity index (χ0) is 18.1. The molecule has 0 radical (unpaired) electrons. The molecule has 3 heterocycles. The Labute approximate surface area is 147 Å². The van der Waals surface area contributed by atoms with Gasteiger partial charge in [-0.25, -0.2) is 13.9 Å². The van der Waals surface area contributed by atoms with Gasteiger partial charge in [-0.1, -0.05) is 18.3 Å². The topological polar surface area (TPSA) is 71.0 Å². The highest BCUT2D eigenvalue weighted by Gasteiger charge is 2.52. The molecule has 3 amide bonds. The molecule has 2 aliphatic heterocycles. The first-order valence-corrected chi connectivity index (χ1v) is 8.87. The Hall–Kier alpha value is -2.22. The number of hydrogen-bond acceptors (Lipinski definition) is 4. The molecule has 0 saturated carbocycles. The standard InChI is InChI=1S/C17H26N5O3/c1-5-7-8-20-12(3)11-22-13-14(18-16(20)22)19(4)17(24)21(15(13)23)9-10-25-6-2/h11,13H,5-10H2,1-4H3/q+1. The van der Waals surface area contributed by atoms with Crippen LogP contribution in [0.15, 0.2) is 11.2 Å². The summed E-state index contributed by atoms with van der Waals surface area (Å²) in [6, 6.07) is -0.914. The number of aromatic nitrogens is 2. The average Bonchev–Trinajstić information content (AvgIpc) is 3.09. The fourth-order valence-corrected chi connectivity index (χ4v) is 3.33. The smallest absolute Gasteiger partial charge is 0.380 e. The molecule has 0 N–H and O–H groups in total. The minimum Gasteiger partial charge on any atom is -0.380 e. The number of aryl methyl sites for hydroxylation is 1. The van der Waals surface area contributed by atoms with Gasteiger partial charge >= 0.3 is 12.0 Å². The summed E-state index contributed by atoms with van der Waals surface area (Å²) in [6.07, 6.45) is 4.08. The van der Waals surface area contributed by atoms with Crippen LogP contribution in [0.1, 0.15) is 38.4 Å². The lowest BCUT2D eigenvalue weighted by atomic mass is 10.1. The average molecular weight is 348 g/mol. The van der Waals surface area contributed by atoms with E-state index in [4.69, 9.17) is 4.74 Å². The number of unbranched alkanes of at least 4 members (excludes halogenated alkanes) is 1. The number of amides is 3. The SMILES string of the molecule is CCCCn1c(C)c[n+]2c1N=C1C2C(=O)N(CCOCC)C(=O)N1C. The number of ether oxygens (including phenoxy) is 1. The summed E-state index contributed by atoms with van der Waals surface area (Å²) < 4.78 is 9.31. The van der Waals surface area contributed by atoms with Crippen LogP contribution in [0.3, 0.4) is 0 Å². The van der Waals surface area contributed by atoms with Gasteiger partial charge in [-0.2, -0.15) is 0 Å². The number of hydrogen-bond donors (Lipinski definition) is 0. The van der Waals surface area contributed by atoms with Gasteiger partial charge in [-0.3, -0.25) is 14.6 Å². The van der Waals surface area contributed by atoms with Gasteiger partial charge in [0.25, 0.3) is 5.91 Å². The van der Waals surface area contributed by atoms with Gasteiger partial charge in [0.15, 0.2) is 0 Å². The fraction of sp³-hybridized carbons (Fsp3) is 0.647. The lowest BCUT2D eigenvalue weighted by Crippen LogP contribution is -2.63. The van der Waals surface area contributed by atoms with Crippen LogP contribution in [-0.2, 0) is 16.1 Å². The molecule has 0 aliphatic carbocycles. The monoisotopic (exact) mass is 348 g/mol. The Morgan fingerprint density at radius 1 is 1.28 bits per heavy atom. The molecular weight excluding hydrogens is 322 g/mol. The van der Waals surface area contributed by atoms with Crippen LogP contribution < -0.4 is 4.57 Å². The molecule has 1 aromatic rings. The molecule has 1 unspecified atom stereocenters. The van der Waals surface area contributed by atoms with Gasteiger partial charge < -0.3 is 4.74 Å². The minimum atomic E-state index is -0.569. The number of likely N-dealkylation sites (N-methyl/N-ethyl adjacent to an activating group) is 1. The number of carbonyl (C=O) groups excluding carboxylic acids is 2. The maximum absolute atomic E-state index is 13.0. The van der Waals surface area contributed by atoms with Crippen LogP contribution in [0, 0.1) is 6.92 Å². The van der Waals surface area contributed by atoms with Gasteiger partial charge in [0.05, 0.1) is 19.7 Å². The Morgan fingerprint density at radius 2 is 2.04 bits per heavy atom. The van der Waals surface area contributed by atoms with Crippen molar-refractivity contribution in [1.82, 2.24) is 14.4 Å². The summed E-state index contributed by atoms with van der Waals surface area (Å²) in [5.41, 5.74) is 1.07. The summed E-state index contributed by atoms with van der Waals surface area (Å²) in [4.78, 5) is 32.9. The second-order valence-corrected chi connectivity index (χ2v) is 6.38. The van der Waals surface area contributed by atoms with Crippen molar-refractivity contribution in [3.8, 4) is 0 Å². The first-order chi connectivity index (χ1) is 12.0. The van der Waals surface area contributed by atoms with E-state index < -0.39 is 6.04 Å². The molecule has 25 heavy (non-hydrogen) atoms. The zero-order valence-corrected chi connectivity index (χ0v) is 15.4. The molecule has 1 atom stereocenters. The van der Waals surface area contributed by atoms with E-state index in [1.54, 1.807) is 7.05 Å². The van der Waals surface area contributed by atoms with E-state index in [9.17, 15) is 9.59 Å². The lowest BCUT2D eigenvalue weighted by molar-refractivity contribution is -0.677. The van der Waals surface area contributed by atoms with Crippen LogP contribution in [0.25, 0.3) is 0 Å². The third kappa shape index (κ3) is 2.84. The third-order valence-corrected chi connectivity index (χ3v) is 4.72. The number of aliphatic imine (C=N–C) groups is 1. The summed E-state index contributed by atoms with van der Waals surface area (Å²) in [5.74, 6) is 1.01. The van der Waals surface area contributed by atoms with Crippen molar-refractivity contribution in [2.45, 2.75) is 46.2 Å². The lowest BCUT2D eigenvalue weighted by Gasteiger charge is -2.32. The second-order valence-electron chi connectivity index (χ2n) is 6.38. The molecule has 1 aromatic heterocycles. The number of rotatable bonds is 7. The highest BCUT2D eigenvalue weighted by molar-refractivity contribution is 6.19. The Kier molecular flexibility index (Phi) is 4.89. The van der Waals surface area contributed by atoms with Crippen molar-refractivity contribution >= 4 is 23.7 Å². The fourth-order valence-electron chi connectivity index (χ4n) is 3.33. The Balaban J connectivity index is 1.93. The van der Waals surface area contributed by atoms with Crippen molar-refractivity contribution in [1.29, 1.82) is 0 Å². The zero-order valence-electron chi connectivity index (χ0n) is 15.4. The predicted molar refractivity (Wildman–Crippen MR) is 91.8 cm³/mol. The number of amidine groups is 1. The molecule has 0 spiro atoms. The van der Waals surface area contributed by atoms with Crippen molar-refractivity contribution in [3.05, 3.63) is 11.9 Å². The van der Waals surface area contributed by atoms with Gasteiger partial charge in [0, 0.05) is 13.7 Å². The van der Waals surface area contributed by atoms with Gasteiger partial charge in [0.1, 0.15) is 11.9 Å². The number of imide groups is 1. The molecule has 136 valence electrons. The molecule has 2 aliphatic rings. The normalized spacial score (nSPS) is 19.4. The third-order valence-electron chi connectivity index (χ3n) is 4.72. The number of carbonyl (C=O) groups is 2. The quantitative estimate of drug-likeness (QED) is 0.552. The molecule has 1 saturated heterocycles. The molecule has 3 rings (SSSR count). The van der Waals surface area contributed by atoms with E-state index in [1.807, 2.05) is 24.6 Å². The van der Waals surface area contributed by atoms with Crippen LogP contribution in [0.5, 0.6) is 0 Å². The van der Waals surface area contributed by atoms with Gasteiger partial charge in [0.2, 0.25) is 11.9 Å². The maximum atomic E-state index is 13.0. The number of nitrogens with zero attached hydrogens (tertiary/aromatic N) is 5. The highest BCUT2D eigenvalue weighted by Crippen LogP contribution is 2.29. The largest absolute Gasteiger partial charge is 0.401 e. The van der Waals surface area contributed by atoms with Crippen LogP contribution in [-0.4, -0.2) is 58.9 Å². The van der Waals surface area contributed by atoms with Crippen LogP contribution in [0.2, 0.25) is 0 Å². The van der Waals surface area contributed by atoms with Crippen molar-refractivity contribution in [2.75, 3.05) is 26.8 Å². The molecule has 1 fully saturated rings. The Morgan fingerprint density at radius 3 is 2.72 bits per heavy atom. The first kappa shape index (κ1) is 17.6. The van der Waals surface area contributed by atoms with Crippen molar-refractivity contribution in [3.63, 3.8) is 0 Å². The summed E-state index contributed by atoms with van der Waals surface area (Å²) in [7, 11) is 1.67. The summed E-state index contributed by atoms with van der Waals surface area (Å²) in [6.45, 7) is 8.06. The van der Waals surface area contributed by atoms with E-state index in [2.05, 4.69) is 16.5 Å². The first-order valence-electron chi connectivity index (χ1n) is 8.87. The van der Waals surface area contributed by atoms with Crippen LogP contribution in [0.4, 0.5) is 10.7 Å². The second kappa shape index (κ2) is 6.95. The molecule has 8 nitrogen and oxygen atoms in total. The molecular formula is C17H26N5O3+. The van der Waals surface area contributed by atoms with E-state index in [0.29, 0.717) is 19.0 Å². The molecule has 0 bridgehead atoms. The van der Waals surface area contributed by atoms with E-state index in [-0.39, 0.29) is 18.5 Å². The maximum Gasteiger partial charge on any atom is 0.401 e. The van der Waals surface area contributed by atoms with Gasteiger partial charge in [-0.05, 0) is 20.3 Å². The number of imidazole rings is 1.